The molecule has 5 rings (SSSR count). The Labute approximate surface area is 190 Å². The summed E-state index contributed by atoms with van der Waals surface area (Å²) in [5.74, 6) is 1.38. The van der Waals surface area contributed by atoms with E-state index < -0.39 is 5.97 Å². The molecule has 1 aliphatic heterocycles. The molecular formula is C24H24N6O3. The summed E-state index contributed by atoms with van der Waals surface area (Å²) in [5, 5.41) is 8.92. The fraction of sp³-hybridized carbons (Fsp3) is 0.250. The third kappa shape index (κ3) is 4.43. The van der Waals surface area contributed by atoms with Gasteiger partial charge in [-0.15, -0.1) is 0 Å². The van der Waals surface area contributed by atoms with E-state index in [2.05, 4.69) is 29.7 Å². The van der Waals surface area contributed by atoms with Gasteiger partial charge in [0, 0.05) is 49.7 Å². The molecule has 0 spiro atoms. The Morgan fingerprint density at radius 2 is 1.76 bits per heavy atom. The van der Waals surface area contributed by atoms with Crippen molar-refractivity contribution in [2.45, 2.75) is 6.42 Å². The molecule has 9 nitrogen and oxygen atoms in total. The van der Waals surface area contributed by atoms with E-state index in [1.165, 1.54) is 0 Å². The van der Waals surface area contributed by atoms with Gasteiger partial charge in [0.05, 0.1) is 19.0 Å². The molecule has 0 amide bonds. The lowest BCUT2D eigenvalue weighted by atomic mass is 10.1. The highest BCUT2D eigenvalue weighted by Gasteiger charge is 2.19. The maximum Gasteiger partial charge on any atom is 0.307 e. The van der Waals surface area contributed by atoms with E-state index in [9.17, 15) is 4.79 Å². The van der Waals surface area contributed by atoms with Crippen molar-refractivity contribution in [3.05, 3.63) is 60.3 Å². The number of carboxylic acid groups (broad SMARTS) is 1. The molecule has 0 radical (unpaired) electrons. The maximum atomic E-state index is 10.9. The van der Waals surface area contributed by atoms with E-state index in [1.54, 1.807) is 13.2 Å². The smallest absolute Gasteiger partial charge is 0.307 e. The third-order valence-electron chi connectivity index (χ3n) is 5.81. The van der Waals surface area contributed by atoms with Crippen LogP contribution in [0.1, 0.15) is 5.56 Å². The summed E-state index contributed by atoms with van der Waals surface area (Å²) in [5.41, 5.74) is 4.29. The lowest BCUT2D eigenvalue weighted by Crippen LogP contribution is -2.46. The van der Waals surface area contributed by atoms with Gasteiger partial charge in [0.2, 0.25) is 5.88 Å². The van der Waals surface area contributed by atoms with Gasteiger partial charge in [-0.25, -0.2) is 9.97 Å². The SMILES string of the molecule is COc1ccc2[nH]c(-c3ccc(N4CCN(c5ccc(CC(=O)O)cc5)CC4)nc3)nc2n1. The maximum absolute atomic E-state index is 10.9. The normalized spacial score (nSPS) is 14.0. The van der Waals surface area contributed by atoms with Gasteiger partial charge in [0.25, 0.3) is 0 Å². The Hall–Kier alpha value is -4.14. The lowest BCUT2D eigenvalue weighted by Gasteiger charge is -2.36. The Bertz CT molecular complexity index is 1260. The van der Waals surface area contributed by atoms with E-state index in [4.69, 9.17) is 9.84 Å². The summed E-state index contributed by atoms with van der Waals surface area (Å²) in [6, 6.07) is 15.5. The second kappa shape index (κ2) is 8.78. The van der Waals surface area contributed by atoms with Crippen molar-refractivity contribution in [2.75, 3.05) is 43.1 Å². The minimum Gasteiger partial charge on any atom is -0.481 e. The molecule has 1 saturated heterocycles. The molecule has 1 aromatic carbocycles. The van der Waals surface area contributed by atoms with Crippen LogP contribution < -0.4 is 14.5 Å². The van der Waals surface area contributed by atoms with E-state index in [0.29, 0.717) is 11.5 Å². The molecular weight excluding hydrogens is 420 g/mol. The number of pyridine rings is 2. The monoisotopic (exact) mass is 444 g/mol. The first-order chi connectivity index (χ1) is 16.1. The Morgan fingerprint density at radius 3 is 2.42 bits per heavy atom. The second-order valence-corrected chi connectivity index (χ2v) is 7.93. The summed E-state index contributed by atoms with van der Waals surface area (Å²) in [6.45, 7) is 3.47. The molecule has 0 saturated carbocycles. The number of hydrogen-bond donors (Lipinski definition) is 2. The van der Waals surface area contributed by atoms with Crippen LogP contribution in [0.2, 0.25) is 0 Å². The Kier molecular flexibility index (Phi) is 5.52. The minimum atomic E-state index is -0.813. The molecule has 0 bridgehead atoms. The number of fused-ring (bicyclic) bond motifs is 1. The molecule has 9 heteroatoms. The lowest BCUT2D eigenvalue weighted by molar-refractivity contribution is -0.136. The number of hydrogen-bond acceptors (Lipinski definition) is 7. The van der Waals surface area contributed by atoms with Crippen LogP contribution in [0.25, 0.3) is 22.6 Å². The molecule has 4 aromatic rings. The third-order valence-corrected chi connectivity index (χ3v) is 5.81. The minimum absolute atomic E-state index is 0.0501. The fourth-order valence-corrected chi connectivity index (χ4v) is 4.03. The van der Waals surface area contributed by atoms with E-state index in [1.807, 2.05) is 48.7 Å². The first-order valence-corrected chi connectivity index (χ1v) is 10.8. The summed E-state index contributed by atoms with van der Waals surface area (Å²) >= 11 is 0. The topological polar surface area (TPSA) is 107 Å². The van der Waals surface area contributed by atoms with Crippen molar-refractivity contribution in [1.82, 2.24) is 19.9 Å². The molecule has 2 N–H and O–H groups in total. The Balaban J connectivity index is 1.23. The van der Waals surface area contributed by atoms with Gasteiger partial charge < -0.3 is 24.6 Å². The van der Waals surface area contributed by atoms with Crippen molar-refractivity contribution in [2.24, 2.45) is 0 Å². The number of methoxy groups -OCH3 is 1. The zero-order chi connectivity index (χ0) is 22.8. The summed E-state index contributed by atoms with van der Waals surface area (Å²) in [4.78, 5) is 32.3. The van der Waals surface area contributed by atoms with Crippen LogP contribution in [-0.4, -0.2) is 64.3 Å². The first-order valence-electron chi connectivity index (χ1n) is 10.8. The predicted molar refractivity (Wildman–Crippen MR) is 126 cm³/mol. The number of piperazine rings is 1. The highest BCUT2D eigenvalue weighted by molar-refractivity contribution is 5.76. The van der Waals surface area contributed by atoms with Crippen LogP contribution in [0.4, 0.5) is 11.5 Å². The molecule has 1 fully saturated rings. The van der Waals surface area contributed by atoms with E-state index in [-0.39, 0.29) is 6.42 Å². The van der Waals surface area contributed by atoms with Gasteiger partial charge in [-0.1, -0.05) is 12.1 Å². The molecule has 3 aromatic heterocycles. The molecule has 33 heavy (non-hydrogen) atoms. The van der Waals surface area contributed by atoms with Crippen LogP contribution in [0.3, 0.4) is 0 Å². The number of anilines is 2. The van der Waals surface area contributed by atoms with E-state index in [0.717, 1.165) is 60.2 Å². The van der Waals surface area contributed by atoms with Gasteiger partial charge in [-0.3, -0.25) is 4.79 Å². The van der Waals surface area contributed by atoms with Crippen molar-refractivity contribution in [3.8, 4) is 17.3 Å². The number of nitrogens with zero attached hydrogens (tertiary/aromatic N) is 5. The van der Waals surface area contributed by atoms with Crippen molar-refractivity contribution < 1.29 is 14.6 Å². The number of aliphatic carboxylic acids is 1. The molecule has 168 valence electrons. The van der Waals surface area contributed by atoms with Crippen molar-refractivity contribution >= 4 is 28.6 Å². The number of aromatic nitrogens is 4. The molecule has 0 aliphatic carbocycles. The average Bonchev–Trinajstić information content (AvgIpc) is 3.28. The van der Waals surface area contributed by atoms with Crippen molar-refractivity contribution in [1.29, 1.82) is 0 Å². The van der Waals surface area contributed by atoms with Crippen LogP contribution >= 0.6 is 0 Å². The largest absolute Gasteiger partial charge is 0.481 e. The summed E-state index contributed by atoms with van der Waals surface area (Å²) in [6.07, 6.45) is 1.88. The summed E-state index contributed by atoms with van der Waals surface area (Å²) in [7, 11) is 1.59. The van der Waals surface area contributed by atoms with Crippen LogP contribution in [-0.2, 0) is 11.2 Å². The number of benzene rings is 1. The number of nitrogens with one attached hydrogen (secondary N) is 1. The predicted octanol–water partition coefficient (Wildman–Crippen LogP) is 2.98. The zero-order valence-corrected chi connectivity index (χ0v) is 18.2. The number of aromatic amines is 1. The van der Waals surface area contributed by atoms with Gasteiger partial charge in [-0.2, -0.15) is 4.98 Å². The molecule has 1 aliphatic rings. The van der Waals surface area contributed by atoms with Gasteiger partial charge in [0.1, 0.15) is 11.6 Å². The quantitative estimate of drug-likeness (QED) is 0.467. The molecule has 4 heterocycles. The molecule has 0 unspecified atom stereocenters. The number of carboxylic acids is 1. The van der Waals surface area contributed by atoms with Crippen LogP contribution in [0.15, 0.2) is 54.7 Å². The van der Waals surface area contributed by atoms with Crippen LogP contribution in [0.5, 0.6) is 5.88 Å². The van der Waals surface area contributed by atoms with Crippen molar-refractivity contribution in [3.63, 3.8) is 0 Å². The molecule has 0 atom stereocenters. The number of ether oxygens (including phenoxy) is 1. The summed E-state index contributed by atoms with van der Waals surface area (Å²) < 4.78 is 5.17. The first kappa shape index (κ1) is 20.7. The number of carbonyl (C=O) groups is 1. The average molecular weight is 444 g/mol. The zero-order valence-electron chi connectivity index (χ0n) is 18.2. The second-order valence-electron chi connectivity index (χ2n) is 7.93. The number of rotatable bonds is 6. The standard InChI is InChI=1S/C24H24N6O3/c1-33-21-9-7-19-24(27-21)28-23(26-19)17-4-8-20(25-15-17)30-12-10-29(11-13-30)18-5-2-16(3-6-18)14-22(31)32/h2-9,15H,10-14H2,1H3,(H,31,32)(H,26,27,28). The van der Waals surface area contributed by atoms with Gasteiger partial charge in [0.15, 0.2) is 5.65 Å². The van der Waals surface area contributed by atoms with Crippen LogP contribution in [0, 0.1) is 0 Å². The highest BCUT2D eigenvalue weighted by atomic mass is 16.5. The number of imidazole rings is 1. The van der Waals surface area contributed by atoms with E-state index >= 15 is 0 Å². The highest BCUT2D eigenvalue weighted by Crippen LogP contribution is 2.24. The Morgan fingerprint density at radius 1 is 1.00 bits per heavy atom. The number of H-pyrrole nitrogens is 1. The van der Waals surface area contributed by atoms with Gasteiger partial charge in [-0.05, 0) is 35.9 Å². The van der Waals surface area contributed by atoms with Gasteiger partial charge >= 0.3 is 5.97 Å². The fourth-order valence-electron chi connectivity index (χ4n) is 4.03.